The van der Waals surface area contributed by atoms with E-state index >= 15 is 0 Å². The number of benzene rings is 2. The summed E-state index contributed by atoms with van der Waals surface area (Å²) in [5.41, 5.74) is 2.99. The number of fused-ring (bicyclic) bond motifs is 1. The highest BCUT2D eigenvalue weighted by atomic mass is 19.1. The molecule has 0 saturated carbocycles. The van der Waals surface area contributed by atoms with E-state index < -0.39 is 0 Å². The van der Waals surface area contributed by atoms with Crippen LogP contribution in [0.25, 0.3) is 11.0 Å². The molecule has 0 bridgehead atoms. The fourth-order valence-electron chi connectivity index (χ4n) is 3.37. The van der Waals surface area contributed by atoms with E-state index in [1.165, 1.54) is 12.1 Å². The Morgan fingerprint density at radius 2 is 1.81 bits per heavy atom. The third-order valence-corrected chi connectivity index (χ3v) is 4.99. The predicted molar refractivity (Wildman–Crippen MR) is 106 cm³/mol. The minimum Gasteiger partial charge on any atom is -0.355 e. The molecule has 5 heteroatoms. The molecule has 27 heavy (non-hydrogen) atoms. The van der Waals surface area contributed by atoms with E-state index in [4.69, 9.17) is 4.98 Å². The molecule has 0 fully saturated rings. The highest BCUT2D eigenvalue weighted by Crippen LogP contribution is 2.18. The highest BCUT2D eigenvalue weighted by molar-refractivity contribution is 5.78. The van der Waals surface area contributed by atoms with Crippen LogP contribution < -0.4 is 5.32 Å². The normalized spacial score (nSPS) is 11.3. The van der Waals surface area contributed by atoms with Crippen molar-refractivity contribution in [1.29, 1.82) is 0 Å². The van der Waals surface area contributed by atoms with Crippen LogP contribution in [-0.2, 0) is 17.8 Å². The summed E-state index contributed by atoms with van der Waals surface area (Å²) in [5.74, 6) is 0.869. The molecule has 1 heterocycles. The number of aromatic nitrogens is 2. The molecule has 0 unspecified atom stereocenters. The van der Waals surface area contributed by atoms with Crippen LogP contribution in [0.1, 0.15) is 38.1 Å². The zero-order valence-electron chi connectivity index (χ0n) is 15.9. The second-order valence-corrected chi connectivity index (χ2v) is 6.78. The van der Waals surface area contributed by atoms with Crippen molar-refractivity contribution >= 4 is 16.9 Å². The van der Waals surface area contributed by atoms with Crippen LogP contribution in [0, 0.1) is 11.7 Å². The van der Waals surface area contributed by atoms with Crippen molar-refractivity contribution in [2.75, 3.05) is 6.54 Å². The molecular formula is C22H26FN3O. The number of para-hydroxylation sites is 2. The minimum atomic E-state index is -0.237. The standard InChI is InChI=1S/C22H26FN3O/c1-3-17(4-2)22(27)24-14-13-21-25-19-7-5-6-8-20(19)26(21)15-16-9-11-18(23)12-10-16/h5-12,17H,3-4,13-15H2,1-2H3,(H,24,27). The van der Waals surface area contributed by atoms with Gasteiger partial charge in [-0.15, -0.1) is 0 Å². The molecule has 0 spiro atoms. The molecule has 1 N–H and O–H groups in total. The van der Waals surface area contributed by atoms with E-state index in [2.05, 4.69) is 9.88 Å². The van der Waals surface area contributed by atoms with Gasteiger partial charge in [0.2, 0.25) is 5.91 Å². The number of nitrogens with zero attached hydrogens (tertiary/aromatic N) is 2. The molecule has 0 saturated heterocycles. The first-order valence-corrected chi connectivity index (χ1v) is 9.58. The van der Waals surface area contributed by atoms with Gasteiger partial charge in [-0.1, -0.05) is 38.1 Å². The lowest BCUT2D eigenvalue weighted by atomic mass is 10.0. The molecule has 4 nitrogen and oxygen atoms in total. The van der Waals surface area contributed by atoms with Gasteiger partial charge in [-0.25, -0.2) is 9.37 Å². The summed E-state index contributed by atoms with van der Waals surface area (Å²) >= 11 is 0. The van der Waals surface area contributed by atoms with E-state index in [-0.39, 0.29) is 17.6 Å². The molecule has 3 aromatic rings. The maximum absolute atomic E-state index is 13.2. The van der Waals surface area contributed by atoms with Crippen molar-refractivity contribution in [2.24, 2.45) is 5.92 Å². The van der Waals surface area contributed by atoms with Gasteiger partial charge in [-0.05, 0) is 42.7 Å². The lowest BCUT2D eigenvalue weighted by molar-refractivity contribution is -0.125. The molecule has 1 aromatic heterocycles. The van der Waals surface area contributed by atoms with Crippen molar-refractivity contribution in [3.05, 3.63) is 65.7 Å². The van der Waals surface area contributed by atoms with Gasteiger partial charge in [-0.2, -0.15) is 0 Å². The predicted octanol–water partition coefficient (Wildman–Crippen LogP) is 4.32. The van der Waals surface area contributed by atoms with Gasteiger partial charge in [0.05, 0.1) is 11.0 Å². The van der Waals surface area contributed by atoms with Gasteiger partial charge >= 0.3 is 0 Å². The van der Waals surface area contributed by atoms with Gasteiger partial charge in [0.1, 0.15) is 11.6 Å². The van der Waals surface area contributed by atoms with Gasteiger partial charge in [-0.3, -0.25) is 4.79 Å². The van der Waals surface area contributed by atoms with E-state index in [1.807, 2.05) is 38.1 Å². The Kier molecular flexibility index (Phi) is 6.22. The molecule has 142 valence electrons. The number of halogens is 1. The number of rotatable bonds is 8. The minimum absolute atomic E-state index is 0.0723. The SMILES string of the molecule is CCC(CC)C(=O)NCCc1nc2ccccc2n1Cc1ccc(F)cc1. The van der Waals surface area contributed by atoms with Crippen molar-refractivity contribution in [1.82, 2.24) is 14.9 Å². The van der Waals surface area contributed by atoms with Crippen LogP contribution in [0.2, 0.25) is 0 Å². The fraction of sp³-hybridized carbons (Fsp3) is 0.364. The zero-order valence-corrected chi connectivity index (χ0v) is 15.9. The molecular weight excluding hydrogens is 341 g/mol. The van der Waals surface area contributed by atoms with Crippen molar-refractivity contribution < 1.29 is 9.18 Å². The first-order chi connectivity index (χ1) is 13.1. The molecule has 0 radical (unpaired) electrons. The molecule has 0 aliphatic rings. The lowest BCUT2D eigenvalue weighted by Gasteiger charge is -2.13. The molecule has 0 atom stereocenters. The van der Waals surface area contributed by atoms with Crippen LogP contribution in [0.4, 0.5) is 4.39 Å². The van der Waals surface area contributed by atoms with E-state index in [9.17, 15) is 9.18 Å². The first-order valence-electron chi connectivity index (χ1n) is 9.58. The van der Waals surface area contributed by atoms with Crippen LogP contribution in [0.15, 0.2) is 48.5 Å². The van der Waals surface area contributed by atoms with Gasteiger partial charge in [0.25, 0.3) is 0 Å². The van der Waals surface area contributed by atoms with Crippen LogP contribution in [-0.4, -0.2) is 22.0 Å². The monoisotopic (exact) mass is 367 g/mol. The number of hydrogen-bond acceptors (Lipinski definition) is 2. The molecule has 2 aromatic carbocycles. The van der Waals surface area contributed by atoms with Crippen molar-refractivity contribution in [3.8, 4) is 0 Å². The number of amides is 1. The molecule has 1 amide bonds. The Morgan fingerprint density at radius 3 is 2.52 bits per heavy atom. The highest BCUT2D eigenvalue weighted by Gasteiger charge is 2.15. The van der Waals surface area contributed by atoms with Crippen LogP contribution in [0.3, 0.4) is 0 Å². The third kappa shape index (κ3) is 4.54. The molecule has 3 rings (SSSR count). The quantitative estimate of drug-likeness (QED) is 0.645. The smallest absolute Gasteiger partial charge is 0.223 e. The summed E-state index contributed by atoms with van der Waals surface area (Å²) in [6.07, 6.45) is 2.36. The maximum Gasteiger partial charge on any atom is 0.223 e. The third-order valence-electron chi connectivity index (χ3n) is 4.99. The number of imidazole rings is 1. The van der Waals surface area contributed by atoms with Crippen molar-refractivity contribution in [3.63, 3.8) is 0 Å². The summed E-state index contributed by atoms with van der Waals surface area (Å²) in [6, 6.07) is 14.5. The summed E-state index contributed by atoms with van der Waals surface area (Å²) in [4.78, 5) is 16.9. The molecule has 0 aliphatic carbocycles. The van der Waals surface area contributed by atoms with E-state index in [1.54, 1.807) is 12.1 Å². The first kappa shape index (κ1) is 19.1. The largest absolute Gasteiger partial charge is 0.355 e. The second kappa shape index (κ2) is 8.80. The average molecular weight is 367 g/mol. The van der Waals surface area contributed by atoms with E-state index in [0.717, 1.165) is 35.3 Å². The number of nitrogens with one attached hydrogen (secondary N) is 1. The summed E-state index contributed by atoms with van der Waals surface area (Å²) in [5, 5.41) is 3.03. The number of carbonyl (C=O) groups is 1. The Hall–Kier alpha value is -2.69. The average Bonchev–Trinajstić information content (AvgIpc) is 3.02. The Labute approximate surface area is 159 Å². The van der Waals surface area contributed by atoms with Crippen LogP contribution in [0.5, 0.6) is 0 Å². The number of hydrogen-bond donors (Lipinski definition) is 1. The Morgan fingerprint density at radius 1 is 1.11 bits per heavy atom. The summed E-state index contributed by atoms with van der Waals surface area (Å²) in [6.45, 7) is 5.25. The maximum atomic E-state index is 13.2. The Balaban J connectivity index is 1.78. The van der Waals surface area contributed by atoms with Gasteiger partial charge in [0, 0.05) is 25.4 Å². The fourth-order valence-corrected chi connectivity index (χ4v) is 3.37. The second-order valence-electron chi connectivity index (χ2n) is 6.78. The summed E-state index contributed by atoms with van der Waals surface area (Å²) in [7, 11) is 0. The van der Waals surface area contributed by atoms with Crippen molar-refractivity contribution in [2.45, 2.75) is 39.7 Å². The van der Waals surface area contributed by atoms with Gasteiger partial charge < -0.3 is 9.88 Å². The zero-order chi connectivity index (χ0) is 19.2. The van der Waals surface area contributed by atoms with E-state index in [0.29, 0.717) is 19.5 Å². The molecule has 0 aliphatic heterocycles. The number of carbonyl (C=O) groups excluding carboxylic acids is 1. The topological polar surface area (TPSA) is 46.9 Å². The lowest BCUT2D eigenvalue weighted by Crippen LogP contribution is -2.32. The van der Waals surface area contributed by atoms with Gasteiger partial charge in [0.15, 0.2) is 0 Å². The summed E-state index contributed by atoms with van der Waals surface area (Å²) < 4.78 is 15.3. The Bertz CT molecular complexity index is 898. The van der Waals surface area contributed by atoms with Crippen LogP contribution >= 0.6 is 0 Å².